The van der Waals surface area contributed by atoms with Crippen molar-refractivity contribution in [3.8, 4) is 11.1 Å². The van der Waals surface area contributed by atoms with Crippen LogP contribution in [0.25, 0.3) is 11.1 Å². The van der Waals surface area contributed by atoms with Crippen LogP contribution in [0.3, 0.4) is 0 Å². The number of carboxylic acid groups (broad SMARTS) is 1. The Morgan fingerprint density at radius 1 is 1.06 bits per heavy atom. The average Bonchev–Trinajstić information content (AvgIpc) is 3.14. The Balaban J connectivity index is 1.68. The second-order valence-electron chi connectivity index (χ2n) is 8.83. The number of carboxylic acids is 1. The molecule has 0 radical (unpaired) electrons. The number of benzene rings is 2. The number of carbonyl (C=O) groups excluding carboxylic acids is 2. The summed E-state index contributed by atoms with van der Waals surface area (Å²) < 4.78 is 5.51. The van der Waals surface area contributed by atoms with Gasteiger partial charge in [0.15, 0.2) is 0 Å². The molecular weight excluding hydrogens is 436 g/mol. The molecule has 0 aliphatic heterocycles. The van der Waals surface area contributed by atoms with Crippen molar-refractivity contribution in [2.45, 2.75) is 57.0 Å². The zero-order valence-corrected chi connectivity index (χ0v) is 19.5. The highest BCUT2D eigenvalue weighted by atomic mass is 16.5. The third-order valence-electron chi connectivity index (χ3n) is 6.47. The van der Waals surface area contributed by atoms with Gasteiger partial charge in [-0.2, -0.15) is 0 Å². The molecule has 2 amide bonds. The van der Waals surface area contributed by atoms with Crippen LogP contribution in [0.2, 0.25) is 0 Å². The molecular formula is C26H32N2O6. The smallest absolute Gasteiger partial charge is 0.407 e. The van der Waals surface area contributed by atoms with Crippen LogP contribution in [0.4, 0.5) is 4.79 Å². The fourth-order valence-corrected chi connectivity index (χ4v) is 4.28. The Morgan fingerprint density at radius 2 is 1.65 bits per heavy atom. The van der Waals surface area contributed by atoms with E-state index in [1.54, 1.807) is 6.92 Å². The van der Waals surface area contributed by atoms with Crippen LogP contribution in [0, 0.1) is 0 Å². The lowest BCUT2D eigenvalue weighted by atomic mass is 9.94. The SMILES string of the molecule is CCC(C)(CCO)NC(=O)C(CCC(=O)O)NC(=O)OCC1c2ccccc2-c2ccccc21. The van der Waals surface area contributed by atoms with E-state index in [2.05, 4.69) is 10.6 Å². The summed E-state index contributed by atoms with van der Waals surface area (Å²) in [5.41, 5.74) is 3.68. The topological polar surface area (TPSA) is 125 Å². The van der Waals surface area contributed by atoms with Crippen LogP contribution in [-0.4, -0.2) is 53.0 Å². The molecule has 2 atom stereocenters. The number of ether oxygens (including phenoxy) is 1. The van der Waals surface area contributed by atoms with Crippen LogP contribution in [0.1, 0.15) is 56.6 Å². The molecule has 2 aromatic rings. The molecule has 0 spiro atoms. The van der Waals surface area contributed by atoms with Crippen LogP contribution in [0.15, 0.2) is 48.5 Å². The normalized spacial score (nSPS) is 14.9. The molecule has 182 valence electrons. The zero-order valence-electron chi connectivity index (χ0n) is 19.5. The van der Waals surface area contributed by atoms with Crippen molar-refractivity contribution in [1.29, 1.82) is 0 Å². The number of aliphatic hydroxyl groups excluding tert-OH is 1. The van der Waals surface area contributed by atoms with Gasteiger partial charge in [-0.3, -0.25) is 9.59 Å². The van der Waals surface area contributed by atoms with Crippen LogP contribution < -0.4 is 10.6 Å². The van der Waals surface area contributed by atoms with Crippen molar-refractivity contribution in [2.75, 3.05) is 13.2 Å². The molecule has 1 aliphatic carbocycles. The van der Waals surface area contributed by atoms with E-state index in [1.165, 1.54) is 0 Å². The number of amides is 2. The summed E-state index contributed by atoms with van der Waals surface area (Å²) in [5, 5.41) is 23.7. The minimum atomic E-state index is -1.07. The van der Waals surface area contributed by atoms with Crippen LogP contribution in [-0.2, 0) is 14.3 Å². The lowest BCUT2D eigenvalue weighted by Gasteiger charge is -2.31. The molecule has 8 heteroatoms. The molecule has 0 bridgehead atoms. The van der Waals surface area contributed by atoms with Crippen LogP contribution in [0.5, 0.6) is 0 Å². The van der Waals surface area contributed by atoms with E-state index in [0.717, 1.165) is 22.3 Å². The molecule has 0 heterocycles. The van der Waals surface area contributed by atoms with Crippen molar-refractivity contribution >= 4 is 18.0 Å². The first kappa shape index (κ1) is 25.2. The van der Waals surface area contributed by atoms with Gasteiger partial charge in [0, 0.05) is 24.5 Å². The highest BCUT2D eigenvalue weighted by Crippen LogP contribution is 2.44. The Kier molecular flexibility index (Phi) is 8.28. The molecule has 0 saturated heterocycles. The zero-order chi connectivity index (χ0) is 24.7. The first-order valence-electron chi connectivity index (χ1n) is 11.5. The fraction of sp³-hybridized carbons (Fsp3) is 0.423. The van der Waals surface area contributed by atoms with Gasteiger partial charge in [-0.25, -0.2) is 4.79 Å². The molecule has 4 N–H and O–H groups in total. The summed E-state index contributed by atoms with van der Waals surface area (Å²) in [6, 6.07) is 14.9. The number of hydrogen-bond acceptors (Lipinski definition) is 5. The Bertz CT molecular complexity index is 994. The maximum atomic E-state index is 12.9. The number of rotatable bonds is 11. The number of nitrogens with one attached hydrogen (secondary N) is 2. The summed E-state index contributed by atoms with van der Waals surface area (Å²) >= 11 is 0. The lowest BCUT2D eigenvalue weighted by molar-refractivity contribution is -0.137. The van der Waals surface area contributed by atoms with Gasteiger partial charge in [0.2, 0.25) is 5.91 Å². The standard InChI is InChI=1S/C26H32N2O6/c1-3-26(2,14-15-29)28-24(32)22(12-13-23(30)31)27-25(33)34-16-21-19-10-6-4-8-17(19)18-9-5-7-11-20(18)21/h4-11,21-22,29H,3,12-16H2,1-2H3,(H,27,33)(H,28,32)(H,30,31). The van der Waals surface area contributed by atoms with E-state index in [-0.39, 0.29) is 32.0 Å². The van der Waals surface area contributed by atoms with E-state index < -0.39 is 29.6 Å². The Morgan fingerprint density at radius 3 is 2.18 bits per heavy atom. The van der Waals surface area contributed by atoms with E-state index in [4.69, 9.17) is 9.84 Å². The monoisotopic (exact) mass is 468 g/mol. The average molecular weight is 469 g/mol. The number of hydrogen-bond donors (Lipinski definition) is 4. The second kappa shape index (κ2) is 11.2. The molecule has 0 fully saturated rings. The Hall–Kier alpha value is -3.39. The first-order chi connectivity index (χ1) is 16.3. The minimum absolute atomic E-state index is 0.0791. The predicted molar refractivity (Wildman–Crippen MR) is 127 cm³/mol. The molecule has 0 saturated carbocycles. The third-order valence-corrected chi connectivity index (χ3v) is 6.47. The maximum Gasteiger partial charge on any atom is 0.407 e. The lowest BCUT2D eigenvalue weighted by Crippen LogP contribution is -2.54. The predicted octanol–water partition coefficient (Wildman–Crippen LogP) is 3.43. The molecule has 1 aliphatic rings. The van der Waals surface area contributed by atoms with Crippen LogP contribution >= 0.6 is 0 Å². The third kappa shape index (κ3) is 5.94. The Labute approximate surface area is 199 Å². The van der Waals surface area contributed by atoms with E-state index in [9.17, 15) is 19.5 Å². The van der Waals surface area contributed by atoms with Crippen molar-refractivity contribution in [2.24, 2.45) is 0 Å². The summed E-state index contributed by atoms with van der Waals surface area (Å²) in [7, 11) is 0. The quantitative estimate of drug-likeness (QED) is 0.400. The molecule has 0 aromatic heterocycles. The second-order valence-corrected chi connectivity index (χ2v) is 8.83. The number of fused-ring (bicyclic) bond motifs is 3. The maximum absolute atomic E-state index is 12.9. The molecule has 34 heavy (non-hydrogen) atoms. The number of alkyl carbamates (subject to hydrolysis) is 1. The van der Waals surface area contributed by atoms with Gasteiger partial charge in [0.05, 0.1) is 0 Å². The highest BCUT2D eigenvalue weighted by molar-refractivity contribution is 5.86. The van der Waals surface area contributed by atoms with Crippen molar-refractivity contribution in [3.63, 3.8) is 0 Å². The minimum Gasteiger partial charge on any atom is -0.481 e. The molecule has 3 rings (SSSR count). The summed E-state index contributed by atoms with van der Waals surface area (Å²) in [6.45, 7) is 3.65. The summed E-state index contributed by atoms with van der Waals surface area (Å²) in [5.74, 6) is -1.70. The van der Waals surface area contributed by atoms with Gasteiger partial charge in [-0.1, -0.05) is 55.5 Å². The number of aliphatic hydroxyl groups is 1. The molecule has 8 nitrogen and oxygen atoms in total. The highest BCUT2D eigenvalue weighted by Gasteiger charge is 2.31. The number of carbonyl (C=O) groups is 3. The summed E-state index contributed by atoms with van der Waals surface area (Å²) in [4.78, 5) is 36.6. The van der Waals surface area contributed by atoms with Crippen molar-refractivity contribution in [3.05, 3.63) is 59.7 Å². The van der Waals surface area contributed by atoms with Gasteiger partial charge in [0.1, 0.15) is 12.6 Å². The fourth-order valence-electron chi connectivity index (χ4n) is 4.28. The largest absolute Gasteiger partial charge is 0.481 e. The molecule has 2 aromatic carbocycles. The first-order valence-corrected chi connectivity index (χ1v) is 11.5. The van der Waals surface area contributed by atoms with Crippen molar-refractivity contribution in [1.82, 2.24) is 10.6 Å². The van der Waals surface area contributed by atoms with Gasteiger partial charge < -0.3 is 25.6 Å². The van der Waals surface area contributed by atoms with Gasteiger partial charge in [-0.15, -0.1) is 0 Å². The van der Waals surface area contributed by atoms with Gasteiger partial charge in [0.25, 0.3) is 0 Å². The van der Waals surface area contributed by atoms with E-state index in [1.807, 2.05) is 55.5 Å². The van der Waals surface area contributed by atoms with Crippen molar-refractivity contribution < 1.29 is 29.3 Å². The van der Waals surface area contributed by atoms with Gasteiger partial charge >= 0.3 is 12.1 Å². The molecule has 2 unspecified atom stereocenters. The number of aliphatic carboxylic acids is 1. The van der Waals surface area contributed by atoms with Gasteiger partial charge in [-0.05, 0) is 48.4 Å². The van der Waals surface area contributed by atoms with E-state index >= 15 is 0 Å². The summed E-state index contributed by atoms with van der Waals surface area (Å²) in [6.07, 6.45) is -0.246. The van der Waals surface area contributed by atoms with E-state index in [0.29, 0.717) is 12.8 Å².